The van der Waals surface area contributed by atoms with Gasteiger partial charge in [0.15, 0.2) is 5.82 Å². The van der Waals surface area contributed by atoms with Crippen LogP contribution in [-0.2, 0) is 11.2 Å². The van der Waals surface area contributed by atoms with Crippen molar-refractivity contribution in [1.29, 1.82) is 0 Å². The van der Waals surface area contributed by atoms with Gasteiger partial charge in [-0.15, -0.1) is 0 Å². The highest BCUT2D eigenvalue weighted by Gasteiger charge is 2.21. The second-order valence-electron chi connectivity index (χ2n) is 5.42. The van der Waals surface area contributed by atoms with Gasteiger partial charge in [0.05, 0.1) is 0 Å². The molecule has 5 nitrogen and oxygen atoms in total. The lowest BCUT2D eigenvalue weighted by atomic mass is 10.00. The topological polar surface area (TPSA) is 60.2 Å². The number of ether oxygens (including phenoxy) is 1. The molecule has 0 bridgehead atoms. The molecule has 2 aromatic rings. The third kappa shape index (κ3) is 3.61. The van der Waals surface area contributed by atoms with Crippen molar-refractivity contribution >= 4 is 5.69 Å². The Balaban J connectivity index is 1.52. The van der Waals surface area contributed by atoms with E-state index in [4.69, 9.17) is 9.26 Å². The minimum Gasteiger partial charge on any atom is -0.384 e. The van der Waals surface area contributed by atoms with Crippen LogP contribution in [0.4, 0.5) is 5.69 Å². The van der Waals surface area contributed by atoms with E-state index < -0.39 is 0 Å². The van der Waals surface area contributed by atoms with Crippen molar-refractivity contribution in [3.05, 3.63) is 41.5 Å². The molecule has 0 spiro atoms. The summed E-state index contributed by atoms with van der Waals surface area (Å²) in [5.74, 6) is 1.93. The first-order chi connectivity index (χ1) is 10.3. The van der Waals surface area contributed by atoms with Crippen molar-refractivity contribution < 1.29 is 9.26 Å². The Bertz CT molecular complexity index is 576. The van der Waals surface area contributed by atoms with Gasteiger partial charge < -0.3 is 14.6 Å². The minimum absolute atomic E-state index is 0.389. The lowest BCUT2D eigenvalue weighted by molar-refractivity contribution is 0.0830. The summed E-state index contributed by atoms with van der Waals surface area (Å²) in [4.78, 5) is 4.51. The van der Waals surface area contributed by atoms with Crippen LogP contribution < -0.4 is 5.32 Å². The van der Waals surface area contributed by atoms with Gasteiger partial charge in [-0.3, -0.25) is 0 Å². The molecule has 1 aliphatic rings. The fourth-order valence-corrected chi connectivity index (χ4v) is 2.57. The standard InChI is InChI=1S/C16H21N3O2/c1-12-4-2-3-5-14(12)17-9-6-15-18-16(19-21-15)13-7-10-20-11-8-13/h2-5,13,17H,6-11H2,1H3. The largest absolute Gasteiger partial charge is 0.384 e. The van der Waals surface area contributed by atoms with Crippen molar-refractivity contribution in [2.24, 2.45) is 0 Å². The van der Waals surface area contributed by atoms with Crippen LogP contribution >= 0.6 is 0 Å². The van der Waals surface area contributed by atoms with E-state index in [1.54, 1.807) is 0 Å². The first kappa shape index (κ1) is 14.1. The zero-order chi connectivity index (χ0) is 14.5. The molecule has 1 aromatic heterocycles. The summed E-state index contributed by atoms with van der Waals surface area (Å²) >= 11 is 0. The summed E-state index contributed by atoms with van der Waals surface area (Å²) in [5.41, 5.74) is 2.40. The number of para-hydroxylation sites is 1. The van der Waals surface area contributed by atoms with E-state index in [1.165, 1.54) is 5.56 Å². The van der Waals surface area contributed by atoms with E-state index in [1.807, 2.05) is 12.1 Å². The van der Waals surface area contributed by atoms with Gasteiger partial charge >= 0.3 is 0 Å². The predicted octanol–water partition coefficient (Wildman–Crippen LogP) is 2.93. The van der Waals surface area contributed by atoms with Crippen molar-refractivity contribution in [3.63, 3.8) is 0 Å². The van der Waals surface area contributed by atoms with E-state index >= 15 is 0 Å². The molecular weight excluding hydrogens is 266 g/mol. The van der Waals surface area contributed by atoms with Gasteiger partial charge in [0.25, 0.3) is 0 Å². The number of hydrogen-bond acceptors (Lipinski definition) is 5. The second-order valence-corrected chi connectivity index (χ2v) is 5.42. The summed E-state index contributed by atoms with van der Waals surface area (Å²) in [5, 5.41) is 7.52. The number of rotatable bonds is 5. The van der Waals surface area contributed by atoms with Gasteiger partial charge in [-0.2, -0.15) is 4.98 Å². The number of aryl methyl sites for hydroxylation is 1. The van der Waals surface area contributed by atoms with Crippen LogP contribution in [0.15, 0.2) is 28.8 Å². The monoisotopic (exact) mass is 287 g/mol. The van der Waals surface area contributed by atoms with Crippen molar-refractivity contribution in [1.82, 2.24) is 10.1 Å². The zero-order valence-corrected chi connectivity index (χ0v) is 12.3. The fraction of sp³-hybridized carbons (Fsp3) is 0.500. The Morgan fingerprint density at radius 3 is 2.86 bits per heavy atom. The number of nitrogens with zero attached hydrogens (tertiary/aromatic N) is 2. The smallest absolute Gasteiger partial charge is 0.228 e. The summed E-state index contributed by atoms with van der Waals surface area (Å²) in [6.45, 7) is 4.48. The van der Waals surface area contributed by atoms with E-state index in [9.17, 15) is 0 Å². The Morgan fingerprint density at radius 2 is 2.05 bits per heavy atom. The van der Waals surface area contributed by atoms with Gasteiger partial charge in [-0.25, -0.2) is 0 Å². The number of nitrogens with one attached hydrogen (secondary N) is 1. The maximum Gasteiger partial charge on any atom is 0.228 e. The molecule has 1 aromatic carbocycles. The number of benzene rings is 1. The van der Waals surface area contributed by atoms with E-state index in [0.717, 1.165) is 50.5 Å². The Morgan fingerprint density at radius 1 is 1.24 bits per heavy atom. The quantitative estimate of drug-likeness (QED) is 0.916. The molecule has 21 heavy (non-hydrogen) atoms. The first-order valence-corrected chi connectivity index (χ1v) is 7.52. The third-order valence-electron chi connectivity index (χ3n) is 3.87. The Labute approximate surface area is 124 Å². The summed E-state index contributed by atoms with van der Waals surface area (Å²) in [6.07, 6.45) is 2.71. The van der Waals surface area contributed by atoms with Gasteiger partial charge in [-0.05, 0) is 31.4 Å². The number of anilines is 1. The summed E-state index contributed by atoms with van der Waals surface area (Å²) < 4.78 is 10.7. The minimum atomic E-state index is 0.389. The van der Waals surface area contributed by atoms with Gasteiger partial charge in [0, 0.05) is 37.8 Å². The molecule has 1 saturated heterocycles. The molecule has 3 rings (SSSR count). The average Bonchev–Trinajstić information content (AvgIpc) is 2.99. The van der Waals surface area contributed by atoms with Crippen molar-refractivity contribution in [3.8, 4) is 0 Å². The van der Waals surface area contributed by atoms with Crippen molar-refractivity contribution in [2.45, 2.75) is 32.1 Å². The summed E-state index contributed by atoms with van der Waals surface area (Å²) in [6, 6.07) is 8.25. The molecule has 112 valence electrons. The molecule has 1 aliphatic heterocycles. The molecule has 1 N–H and O–H groups in total. The zero-order valence-electron chi connectivity index (χ0n) is 12.3. The van der Waals surface area contributed by atoms with Crippen LogP contribution in [0.1, 0.15) is 36.0 Å². The number of aromatic nitrogens is 2. The predicted molar refractivity (Wildman–Crippen MR) is 80.5 cm³/mol. The second kappa shape index (κ2) is 6.72. The maximum absolute atomic E-state index is 5.36. The molecule has 0 unspecified atom stereocenters. The van der Waals surface area contributed by atoms with Crippen LogP contribution in [0.3, 0.4) is 0 Å². The molecule has 0 saturated carbocycles. The lowest BCUT2D eigenvalue weighted by Gasteiger charge is -2.18. The molecule has 0 atom stereocenters. The van der Waals surface area contributed by atoms with Crippen LogP contribution in [-0.4, -0.2) is 29.9 Å². The van der Waals surface area contributed by atoms with Crippen molar-refractivity contribution in [2.75, 3.05) is 25.1 Å². The summed E-state index contributed by atoms with van der Waals surface area (Å²) in [7, 11) is 0. The van der Waals surface area contributed by atoms with Crippen LogP contribution in [0, 0.1) is 6.92 Å². The highest BCUT2D eigenvalue weighted by atomic mass is 16.5. The maximum atomic E-state index is 5.36. The lowest BCUT2D eigenvalue weighted by Crippen LogP contribution is -2.15. The van der Waals surface area contributed by atoms with Crippen LogP contribution in [0.25, 0.3) is 0 Å². The van der Waals surface area contributed by atoms with Crippen LogP contribution in [0.5, 0.6) is 0 Å². The van der Waals surface area contributed by atoms with E-state index in [2.05, 4.69) is 34.5 Å². The normalized spacial score (nSPS) is 16.0. The SMILES string of the molecule is Cc1ccccc1NCCc1nc(C2CCOCC2)no1. The molecule has 0 amide bonds. The highest BCUT2D eigenvalue weighted by Crippen LogP contribution is 2.24. The molecule has 2 heterocycles. The molecule has 5 heteroatoms. The Kier molecular flexibility index (Phi) is 4.50. The van der Waals surface area contributed by atoms with Crippen LogP contribution in [0.2, 0.25) is 0 Å². The van der Waals surface area contributed by atoms with Gasteiger partial charge in [-0.1, -0.05) is 23.4 Å². The fourth-order valence-electron chi connectivity index (χ4n) is 2.57. The molecule has 1 fully saturated rings. The third-order valence-corrected chi connectivity index (χ3v) is 3.87. The first-order valence-electron chi connectivity index (χ1n) is 7.52. The molecule has 0 radical (unpaired) electrons. The van der Waals surface area contributed by atoms with E-state index in [-0.39, 0.29) is 0 Å². The van der Waals surface area contributed by atoms with Gasteiger partial charge in [0.2, 0.25) is 5.89 Å². The average molecular weight is 287 g/mol. The molecule has 0 aliphatic carbocycles. The Hall–Kier alpha value is -1.88. The van der Waals surface area contributed by atoms with Gasteiger partial charge in [0.1, 0.15) is 0 Å². The number of hydrogen-bond donors (Lipinski definition) is 1. The molecular formula is C16H21N3O2. The highest BCUT2D eigenvalue weighted by molar-refractivity contribution is 5.50. The van der Waals surface area contributed by atoms with E-state index in [0.29, 0.717) is 11.8 Å².